The normalized spacial score (nSPS) is 29.8. The van der Waals surface area contributed by atoms with Crippen molar-refractivity contribution in [2.45, 2.75) is 36.8 Å². The van der Waals surface area contributed by atoms with Crippen LogP contribution in [0.4, 0.5) is 18.9 Å². The van der Waals surface area contributed by atoms with E-state index in [0.29, 0.717) is 22.5 Å². The molecule has 0 heterocycles. The molecule has 0 spiro atoms. The molecule has 6 heteroatoms. The van der Waals surface area contributed by atoms with Gasteiger partial charge in [-0.2, -0.15) is 13.2 Å². The van der Waals surface area contributed by atoms with Gasteiger partial charge in [-0.05, 0) is 55.2 Å². The van der Waals surface area contributed by atoms with E-state index in [1.807, 2.05) is 0 Å². The standard InChI is InChI=1S/C15H18F3NOS/c16-15(17,18)12-3-4-14(13(19)7-12)21(20)8-11-6-9-1-2-10(11)5-9/h3-4,7,9-11H,1-2,5-6,8,19H2. The van der Waals surface area contributed by atoms with Gasteiger partial charge in [0.05, 0.1) is 21.3 Å². The van der Waals surface area contributed by atoms with Gasteiger partial charge < -0.3 is 5.73 Å². The number of halogens is 3. The van der Waals surface area contributed by atoms with Gasteiger partial charge in [0, 0.05) is 11.4 Å². The Hall–Kier alpha value is -1.04. The molecule has 2 nitrogen and oxygen atoms in total. The zero-order valence-electron chi connectivity index (χ0n) is 11.5. The summed E-state index contributed by atoms with van der Waals surface area (Å²) < 4.78 is 50.2. The Labute approximate surface area is 124 Å². The summed E-state index contributed by atoms with van der Waals surface area (Å²) in [5.41, 5.74) is 4.86. The zero-order chi connectivity index (χ0) is 15.2. The first kappa shape index (κ1) is 14.9. The molecule has 2 fully saturated rings. The van der Waals surface area contributed by atoms with Gasteiger partial charge in [0.25, 0.3) is 0 Å². The molecule has 2 saturated carbocycles. The number of fused-ring (bicyclic) bond motifs is 2. The van der Waals surface area contributed by atoms with E-state index in [4.69, 9.17) is 5.73 Å². The molecule has 2 aliphatic rings. The number of nitrogen functional groups attached to an aromatic ring is 1. The predicted octanol–water partition coefficient (Wildman–Crippen LogP) is 3.83. The van der Waals surface area contributed by atoms with Gasteiger partial charge >= 0.3 is 6.18 Å². The number of rotatable bonds is 3. The third kappa shape index (κ3) is 2.96. The van der Waals surface area contributed by atoms with E-state index in [9.17, 15) is 17.4 Å². The predicted molar refractivity (Wildman–Crippen MR) is 76.1 cm³/mol. The molecular formula is C15H18F3NOS. The van der Waals surface area contributed by atoms with Crippen molar-refractivity contribution in [2.24, 2.45) is 17.8 Å². The van der Waals surface area contributed by atoms with Crippen molar-refractivity contribution in [2.75, 3.05) is 11.5 Å². The van der Waals surface area contributed by atoms with Crippen LogP contribution < -0.4 is 5.73 Å². The second kappa shape index (κ2) is 5.30. The number of hydrogen-bond donors (Lipinski definition) is 1. The highest BCUT2D eigenvalue weighted by Gasteiger charge is 2.40. The van der Waals surface area contributed by atoms with Gasteiger partial charge in [0.1, 0.15) is 0 Å². The summed E-state index contributed by atoms with van der Waals surface area (Å²) in [7, 11) is -1.31. The van der Waals surface area contributed by atoms with Crippen molar-refractivity contribution in [3.8, 4) is 0 Å². The van der Waals surface area contributed by atoms with Gasteiger partial charge in [-0.15, -0.1) is 0 Å². The van der Waals surface area contributed by atoms with Gasteiger partial charge in [-0.1, -0.05) is 6.42 Å². The van der Waals surface area contributed by atoms with E-state index in [1.165, 1.54) is 25.3 Å². The number of anilines is 1. The Morgan fingerprint density at radius 1 is 1.24 bits per heavy atom. The monoisotopic (exact) mass is 317 g/mol. The second-order valence-corrected chi connectivity index (χ2v) is 7.66. The highest BCUT2D eigenvalue weighted by atomic mass is 32.2. The lowest BCUT2D eigenvalue weighted by Gasteiger charge is -2.21. The maximum absolute atomic E-state index is 12.6. The molecule has 1 aromatic rings. The maximum atomic E-state index is 12.6. The van der Waals surface area contributed by atoms with E-state index in [0.717, 1.165) is 24.5 Å². The van der Waals surface area contributed by atoms with Crippen molar-refractivity contribution < 1.29 is 17.4 Å². The average Bonchev–Trinajstić information content (AvgIpc) is 2.99. The lowest BCUT2D eigenvalue weighted by Crippen LogP contribution is -2.18. The highest BCUT2D eigenvalue weighted by Crippen LogP contribution is 2.48. The molecule has 2 bridgehead atoms. The van der Waals surface area contributed by atoms with E-state index in [1.54, 1.807) is 0 Å². The molecule has 0 aromatic heterocycles. The van der Waals surface area contributed by atoms with Crippen LogP contribution in [0.5, 0.6) is 0 Å². The van der Waals surface area contributed by atoms with Crippen molar-refractivity contribution in [1.29, 1.82) is 0 Å². The van der Waals surface area contributed by atoms with Crippen LogP contribution in [-0.4, -0.2) is 9.96 Å². The summed E-state index contributed by atoms with van der Waals surface area (Å²) >= 11 is 0. The lowest BCUT2D eigenvalue weighted by molar-refractivity contribution is -0.137. The molecule has 4 atom stereocenters. The Morgan fingerprint density at radius 3 is 2.52 bits per heavy atom. The topological polar surface area (TPSA) is 43.1 Å². The summed E-state index contributed by atoms with van der Waals surface area (Å²) in [6, 6.07) is 3.11. The van der Waals surface area contributed by atoms with Crippen molar-refractivity contribution in [3.05, 3.63) is 23.8 Å². The number of hydrogen-bond acceptors (Lipinski definition) is 2. The van der Waals surface area contributed by atoms with Crippen molar-refractivity contribution in [1.82, 2.24) is 0 Å². The molecule has 2 N–H and O–H groups in total. The van der Waals surface area contributed by atoms with Crippen LogP contribution in [0.3, 0.4) is 0 Å². The fourth-order valence-corrected chi connectivity index (χ4v) is 5.32. The molecule has 0 aliphatic heterocycles. The van der Waals surface area contributed by atoms with E-state index in [-0.39, 0.29) is 5.69 Å². The molecule has 116 valence electrons. The molecule has 0 amide bonds. The summed E-state index contributed by atoms with van der Waals surface area (Å²) in [5, 5.41) is 0. The maximum Gasteiger partial charge on any atom is 0.416 e. The summed E-state index contributed by atoms with van der Waals surface area (Å²) in [6.07, 6.45) is 0.394. The first-order valence-electron chi connectivity index (χ1n) is 7.19. The Morgan fingerprint density at radius 2 is 2.00 bits per heavy atom. The van der Waals surface area contributed by atoms with Crippen LogP contribution in [0.1, 0.15) is 31.2 Å². The SMILES string of the molecule is Nc1cc(C(F)(F)F)ccc1S(=O)CC1CC2CCC1C2. The summed E-state index contributed by atoms with van der Waals surface area (Å²) in [6.45, 7) is 0. The fraction of sp³-hybridized carbons (Fsp3) is 0.600. The average molecular weight is 317 g/mol. The zero-order valence-corrected chi connectivity index (χ0v) is 12.3. The highest BCUT2D eigenvalue weighted by molar-refractivity contribution is 7.85. The van der Waals surface area contributed by atoms with Crippen LogP contribution in [0.25, 0.3) is 0 Å². The molecule has 4 unspecified atom stereocenters. The molecule has 21 heavy (non-hydrogen) atoms. The smallest absolute Gasteiger partial charge is 0.398 e. The summed E-state index contributed by atoms with van der Waals surface area (Å²) in [4.78, 5) is 0.339. The van der Waals surface area contributed by atoms with E-state index in [2.05, 4.69) is 0 Å². The molecule has 2 aliphatic carbocycles. The van der Waals surface area contributed by atoms with Crippen LogP contribution in [-0.2, 0) is 17.0 Å². The third-order valence-corrected chi connectivity index (χ3v) is 6.43. The lowest BCUT2D eigenvalue weighted by atomic mass is 9.90. The van der Waals surface area contributed by atoms with Crippen LogP contribution in [0.15, 0.2) is 23.1 Å². The molecule has 1 aromatic carbocycles. The van der Waals surface area contributed by atoms with Gasteiger partial charge in [-0.3, -0.25) is 4.21 Å². The first-order valence-corrected chi connectivity index (χ1v) is 8.51. The minimum atomic E-state index is -4.42. The van der Waals surface area contributed by atoms with Gasteiger partial charge in [0.2, 0.25) is 0 Å². The molecular weight excluding hydrogens is 299 g/mol. The van der Waals surface area contributed by atoms with Crippen LogP contribution in [0, 0.1) is 17.8 Å². The first-order chi connectivity index (χ1) is 9.84. The minimum absolute atomic E-state index is 0.0219. The Balaban J connectivity index is 1.73. The van der Waals surface area contributed by atoms with Gasteiger partial charge in [-0.25, -0.2) is 0 Å². The second-order valence-electron chi connectivity index (χ2n) is 6.20. The third-order valence-electron chi connectivity index (χ3n) is 4.83. The Kier molecular flexibility index (Phi) is 3.76. The van der Waals surface area contributed by atoms with Gasteiger partial charge in [0.15, 0.2) is 0 Å². The number of alkyl halides is 3. The number of nitrogens with two attached hydrogens (primary N) is 1. The fourth-order valence-electron chi connectivity index (χ4n) is 3.80. The summed E-state index contributed by atoms with van der Waals surface area (Å²) in [5.74, 6) is 2.37. The van der Waals surface area contributed by atoms with Crippen LogP contribution in [0.2, 0.25) is 0 Å². The molecule has 0 saturated heterocycles. The quantitative estimate of drug-likeness (QED) is 0.861. The Bertz CT molecular complexity index is 573. The van der Waals surface area contributed by atoms with Crippen LogP contribution >= 0.6 is 0 Å². The number of benzene rings is 1. The van der Waals surface area contributed by atoms with E-state index >= 15 is 0 Å². The molecule has 0 radical (unpaired) electrons. The van der Waals surface area contributed by atoms with Crippen molar-refractivity contribution in [3.63, 3.8) is 0 Å². The minimum Gasteiger partial charge on any atom is -0.398 e. The van der Waals surface area contributed by atoms with Crippen molar-refractivity contribution >= 4 is 16.5 Å². The largest absolute Gasteiger partial charge is 0.416 e. The van der Waals surface area contributed by atoms with E-state index < -0.39 is 22.5 Å². The molecule has 3 rings (SSSR count).